The van der Waals surface area contributed by atoms with Crippen molar-refractivity contribution in [2.45, 2.75) is 82.5 Å². The minimum absolute atomic E-state index is 0.137. The summed E-state index contributed by atoms with van der Waals surface area (Å²) in [7, 11) is 3.60. The molecule has 1 aromatic carbocycles. The predicted molar refractivity (Wildman–Crippen MR) is 154 cm³/mol. The average Bonchev–Trinajstić information content (AvgIpc) is 3.50. The quantitative estimate of drug-likeness (QED) is 0.245. The van der Waals surface area contributed by atoms with Gasteiger partial charge in [-0.1, -0.05) is 23.8 Å². The van der Waals surface area contributed by atoms with Gasteiger partial charge in [-0.05, 0) is 90.2 Å². The molecule has 41 heavy (non-hydrogen) atoms. The number of piperidine rings is 1. The van der Waals surface area contributed by atoms with E-state index in [2.05, 4.69) is 26.9 Å². The molecule has 2 aliphatic heterocycles. The first-order valence-corrected chi connectivity index (χ1v) is 14.7. The molecule has 3 aliphatic rings. The second kappa shape index (κ2) is 13.6. The number of allylic oxidation sites excluding steroid dienone is 1. The van der Waals surface area contributed by atoms with Crippen LogP contribution in [0.15, 0.2) is 35.9 Å². The Hall–Kier alpha value is -3.24. The average molecular weight is 569 g/mol. The van der Waals surface area contributed by atoms with Crippen molar-refractivity contribution < 1.29 is 28.7 Å². The van der Waals surface area contributed by atoms with E-state index in [9.17, 15) is 19.2 Å². The maximum Gasteiger partial charge on any atom is 0.243 e. The summed E-state index contributed by atoms with van der Waals surface area (Å²) in [6.07, 6.45) is 7.15. The number of carbonyl (C=O) groups is 4. The molecule has 1 aliphatic carbocycles. The summed E-state index contributed by atoms with van der Waals surface area (Å²) in [5, 5.41) is 8.60. The summed E-state index contributed by atoms with van der Waals surface area (Å²) >= 11 is 0. The Labute approximate surface area is 242 Å². The fraction of sp³-hybridized carbons (Fsp3) is 0.613. The number of benzene rings is 1. The first-order valence-electron chi connectivity index (χ1n) is 14.7. The fourth-order valence-electron chi connectivity index (χ4n) is 5.46. The molecular weight excluding hydrogens is 524 g/mol. The summed E-state index contributed by atoms with van der Waals surface area (Å²) in [5.41, 5.74) is 1.07. The number of Topliss-reactive ketones (excluding diaryl/α,β-unsaturated/α-hetero) is 1. The molecule has 0 aromatic heterocycles. The highest BCUT2D eigenvalue weighted by Crippen LogP contribution is 2.31. The van der Waals surface area contributed by atoms with E-state index in [1.54, 1.807) is 33.1 Å². The molecule has 2 fully saturated rings. The molecule has 2 heterocycles. The number of likely N-dealkylation sites (tertiary alicyclic amines) is 1. The van der Waals surface area contributed by atoms with Crippen molar-refractivity contribution >= 4 is 23.5 Å². The Morgan fingerprint density at radius 1 is 1.02 bits per heavy atom. The van der Waals surface area contributed by atoms with Crippen molar-refractivity contribution in [2.75, 3.05) is 33.9 Å². The number of hydrogen-bond donors (Lipinski definition) is 3. The van der Waals surface area contributed by atoms with Gasteiger partial charge in [0.1, 0.15) is 23.4 Å². The van der Waals surface area contributed by atoms with Gasteiger partial charge in [0, 0.05) is 12.3 Å². The molecule has 224 valence electrons. The van der Waals surface area contributed by atoms with Crippen molar-refractivity contribution in [1.29, 1.82) is 0 Å². The number of epoxide rings is 1. The monoisotopic (exact) mass is 568 g/mol. The number of amides is 3. The molecule has 10 nitrogen and oxygen atoms in total. The lowest BCUT2D eigenvalue weighted by atomic mass is 9.94. The second-order valence-corrected chi connectivity index (χ2v) is 11.8. The van der Waals surface area contributed by atoms with E-state index in [1.807, 2.05) is 19.2 Å². The minimum atomic E-state index is -0.959. The molecule has 0 bridgehead atoms. The number of methoxy groups -OCH3 is 1. The molecule has 0 radical (unpaired) electrons. The third-order valence-electron chi connectivity index (χ3n) is 8.41. The summed E-state index contributed by atoms with van der Waals surface area (Å²) in [4.78, 5) is 55.3. The second-order valence-electron chi connectivity index (χ2n) is 11.8. The van der Waals surface area contributed by atoms with E-state index in [4.69, 9.17) is 9.47 Å². The first-order chi connectivity index (χ1) is 19.6. The van der Waals surface area contributed by atoms with E-state index < -0.39 is 35.5 Å². The van der Waals surface area contributed by atoms with Crippen molar-refractivity contribution in [3.63, 3.8) is 0 Å². The number of ketones is 1. The summed E-state index contributed by atoms with van der Waals surface area (Å²) < 4.78 is 10.7. The van der Waals surface area contributed by atoms with Crippen molar-refractivity contribution in [3.8, 4) is 5.75 Å². The van der Waals surface area contributed by atoms with Crippen LogP contribution < -0.4 is 20.7 Å². The van der Waals surface area contributed by atoms with Crippen LogP contribution in [-0.2, 0) is 30.3 Å². The van der Waals surface area contributed by atoms with Crippen LogP contribution in [-0.4, -0.2) is 86.0 Å². The zero-order valence-corrected chi connectivity index (χ0v) is 24.7. The van der Waals surface area contributed by atoms with Crippen LogP contribution in [0.1, 0.15) is 57.9 Å². The number of carbonyl (C=O) groups excluding carboxylic acids is 4. The van der Waals surface area contributed by atoms with Crippen molar-refractivity contribution in [2.24, 2.45) is 5.92 Å². The third kappa shape index (κ3) is 8.39. The van der Waals surface area contributed by atoms with Gasteiger partial charge in [0.25, 0.3) is 0 Å². The molecule has 3 amide bonds. The first kappa shape index (κ1) is 30.7. The minimum Gasteiger partial charge on any atom is -0.497 e. The summed E-state index contributed by atoms with van der Waals surface area (Å²) in [6, 6.07) is 4.72. The zero-order chi connectivity index (χ0) is 29.6. The van der Waals surface area contributed by atoms with Gasteiger partial charge in [0.05, 0.1) is 19.8 Å². The highest BCUT2D eigenvalue weighted by molar-refractivity contribution is 5.98. The number of nitrogens with zero attached hydrogens (tertiary/aromatic N) is 1. The van der Waals surface area contributed by atoms with Gasteiger partial charge in [-0.25, -0.2) is 0 Å². The van der Waals surface area contributed by atoms with Gasteiger partial charge in [0.2, 0.25) is 17.7 Å². The van der Waals surface area contributed by atoms with Gasteiger partial charge >= 0.3 is 0 Å². The van der Waals surface area contributed by atoms with E-state index >= 15 is 0 Å². The van der Waals surface area contributed by atoms with Crippen LogP contribution in [0.2, 0.25) is 0 Å². The molecular formula is C31H44N4O6. The van der Waals surface area contributed by atoms with Crippen LogP contribution in [0.5, 0.6) is 5.75 Å². The summed E-state index contributed by atoms with van der Waals surface area (Å²) in [6.45, 7) is 5.36. The molecule has 3 N–H and O–H groups in total. The van der Waals surface area contributed by atoms with Crippen LogP contribution in [0, 0.1) is 5.92 Å². The predicted octanol–water partition coefficient (Wildman–Crippen LogP) is 1.91. The third-order valence-corrected chi connectivity index (χ3v) is 8.41. The standard InChI is InChI=1S/C31H44N4O6/c1-20(32-29(38)23-13-15-35(3)16-14-23)28(37)34-26(18-22-9-11-24(40-4)12-10-22)30(39)33-25(17-21-7-5-6-8-21)27(36)31(2)19-41-31/h7,9-12,20,23,25-26H,5-6,8,13-19H2,1-4H3,(H,32,38)(H,33,39)(H,34,37)/t20-,25+,26+,31-/m1/s1. The molecule has 0 saturated carbocycles. The van der Waals surface area contributed by atoms with Gasteiger partial charge in [0.15, 0.2) is 5.78 Å². The van der Waals surface area contributed by atoms with Crippen molar-refractivity contribution in [3.05, 3.63) is 41.5 Å². The van der Waals surface area contributed by atoms with Crippen LogP contribution in [0.25, 0.3) is 0 Å². The maximum atomic E-state index is 13.7. The highest BCUT2D eigenvalue weighted by atomic mass is 16.6. The molecule has 2 saturated heterocycles. The Morgan fingerprint density at radius 2 is 1.68 bits per heavy atom. The molecule has 4 rings (SSSR count). The Balaban J connectivity index is 1.46. The van der Waals surface area contributed by atoms with Gasteiger partial charge < -0.3 is 30.3 Å². The summed E-state index contributed by atoms with van der Waals surface area (Å²) in [5.74, 6) is -0.681. The molecule has 10 heteroatoms. The smallest absolute Gasteiger partial charge is 0.243 e. The van der Waals surface area contributed by atoms with E-state index in [0.29, 0.717) is 18.8 Å². The van der Waals surface area contributed by atoms with Crippen LogP contribution in [0.4, 0.5) is 0 Å². The Morgan fingerprint density at radius 3 is 2.27 bits per heavy atom. The molecule has 1 aromatic rings. The zero-order valence-electron chi connectivity index (χ0n) is 24.7. The van der Waals surface area contributed by atoms with Crippen LogP contribution >= 0.6 is 0 Å². The molecule has 0 spiro atoms. The highest BCUT2D eigenvalue weighted by Gasteiger charge is 2.50. The lowest BCUT2D eigenvalue weighted by Crippen LogP contribution is -2.57. The Bertz CT molecular complexity index is 1140. The van der Waals surface area contributed by atoms with Crippen molar-refractivity contribution in [1.82, 2.24) is 20.9 Å². The number of rotatable bonds is 13. The number of hydrogen-bond acceptors (Lipinski definition) is 7. The normalized spacial score (nSPS) is 23.1. The van der Waals surface area contributed by atoms with E-state index in [-0.39, 0.29) is 24.0 Å². The maximum absolute atomic E-state index is 13.7. The van der Waals surface area contributed by atoms with Gasteiger partial charge in [-0.2, -0.15) is 0 Å². The number of nitrogens with one attached hydrogen (secondary N) is 3. The lowest BCUT2D eigenvalue weighted by molar-refractivity contribution is -0.134. The largest absolute Gasteiger partial charge is 0.497 e. The molecule has 4 atom stereocenters. The SMILES string of the molecule is COc1ccc(C[C@H](NC(=O)[C@@H](C)NC(=O)C2CCN(C)CC2)C(=O)N[C@@H](CC2=CCCC2)C(=O)[C@@]2(C)CO2)cc1. The van der Waals surface area contributed by atoms with E-state index in [1.165, 1.54) is 0 Å². The van der Waals surface area contributed by atoms with Gasteiger partial charge in [-0.3, -0.25) is 19.2 Å². The lowest BCUT2D eigenvalue weighted by Gasteiger charge is -2.29. The topological polar surface area (TPSA) is 129 Å². The fourth-order valence-corrected chi connectivity index (χ4v) is 5.46. The van der Waals surface area contributed by atoms with Gasteiger partial charge in [-0.15, -0.1) is 0 Å². The Kier molecular flexibility index (Phi) is 10.2. The number of ether oxygens (including phenoxy) is 2. The molecule has 0 unspecified atom stereocenters. The van der Waals surface area contributed by atoms with E-state index in [0.717, 1.165) is 56.3 Å². The van der Waals surface area contributed by atoms with Crippen LogP contribution in [0.3, 0.4) is 0 Å².